The van der Waals surface area contributed by atoms with E-state index in [2.05, 4.69) is 91.9 Å². The quantitative estimate of drug-likeness (QED) is 0.300. The second-order valence-corrected chi connectivity index (χ2v) is 9.54. The first-order valence-corrected chi connectivity index (χ1v) is 11.5. The Morgan fingerprint density at radius 1 is 0.656 bits per heavy atom. The summed E-state index contributed by atoms with van der Waals surface area (Å²) >= 11 is 0. The number of Topliss-reactive ketones (excluding diaryl/α,β-unsaturated/α-hetero) is 1. The highest BCUT2D eigenvalue weighted by molar-refractivity contribution is 5.84. The zero-order valence-corrected chi connectivity index (χ0v) is 18.6. The molecule has 0 heterocycles. The minimum absolute atomic E-state index is 0.230. The summed E-state index contributed by atoms with van der Waals surface area (Å²) in [6, 6.07) is 30.8. The van der Waals surface area contributed by atoms with Crippen molar-refractivity contribution in [2.75, 3.05) is 0 Å². The summed E-state index contributed by atoms with van der Waals surface area (Å²) in [5.41, 5.74) is 13.1. The van der Waals surface area contributed by atoms with E-state index < -0.39 is 0 Å². The Kier molecular flexibility index (Phi) is 4.23. The first-order chi connectivity index (χ1) is 15.6. The van der Waals surface area contributed by atoms with Gasteiger partial charge in [-0.05, 0) is 75.4 Å². The van der Waals surface area contributed by atoms with Crippen LogP contribution in [-0.4, -0.2) is 5.78 Å². The van der Waals surface area contributed by atoms with Crippen molar-refractivity contribution in [1.29, 1.82) is 0 Å². The lowest BCUT2D eigenvalue weighted by molar-refractivity contribution is -0.117. The lowest BCUT2D eigenvalue weighted by Crippen LogP contribution is -2.29. The molecule has 0 saturated carbocycles. The van der Waals surface area contributed by atoms with Crippen LogP contribution in [0.25, 0.3) is 22.3 Å². The second-order valence-electron chi connectivity index (χ2n) is 9.54. The van der Waals surface area contributed by atoms with Crippen molar-refractivity contribution in [3.05, 3.63) is 118 Å². The van der Waals surface area contributed by atoms with E-state index in [1.54, 1.807) is 6.92 Å². The number of carbonyl (C=O) groups excluding carboxylic acids is 1. The monoisotopic (exact) mass is 414 g/mol. The summed E-state index contributed by atoms with van der Waals surface area (Å²) in [5, 5.41) is 0. The molecule has 32 heavy (non-hydrogen) atoms. The van der Waals surface area contributed by atoms with Crippen LogP contribution in [0.15, 0.2) is 84.9 Å². The van der Waals surface area contributed by atoms with Gasteiger partial charge in [0.15, 0.2) is 0 Å². The molecule has 0 radical (unpaired) electrons. The molecule has 1 heteroatoms. The predicted molar refractivity (Wildman–Crippen MR) is 131 cm³/mol. The van der Waals surface area contributed by atoms with Crippen LogP contribution in [-0.2, 0) is 23.1 Å². The predicted octanol–water partition coefficient (Wildman–Crippen LogP) is 7.11. The molecule has 0 saturated heterocycles. The van der Waals surface area contributed by atoms with Crippen molar-refractivity contribution < 1.29 is 4.79 Å². The SMILES string of the molecule is CC(=O)CC(C)(c1cccc2c1Cc1ccccc1-2)c1cccc2c1Cc1ccccc1-2. The highest BCUT2D eigenvalue weighted by atomic mass is 16.1. The molecule has 2 aliphatic carbocycles. The molecule has 4 aromatic rings. The molecule has 156 valence electrons. The van der Waals surface area contributed by atoms with Crippen LogP contribution in [0, 0.1) is 0 Å². The molecule has 0 unspecified atom stereocenters. The van der Waals surface area contributed by atoms with Gasteiger partial charge in [-0.15, -0.1) is 0 Å². The third kappa shape index (κ3) is 2.74. The molecular weight excluding hydrogens is 388 g/mol. The second kappa shape index (κ2) is 7.03. The van der Waals surface area contributed by atoms with E-state index in [1.807, 2.05) is 0 Å². The van der Waals surface area contributed by atoms with E-state index in [4.69, 9.17) is 0 Å². The van der Waals surface area contributed by atoms with Crippen LogP contribution >= 0.6 is 0 Å². The number of hydrogen-bond acceptors (Lipinski definition) is 1. The average molecular weight is 415 g/mol. The van der Waals surface area contributed by atoms with Gasteiger partial charge in [-0.2, -0.15) is 0 Å². The third-order valence-corrected chi connectivity index (χ3v) is 7.49. The van der Waals surface area contributed by atoms with E-state index in [0.29, 0.717) is 6.42 Å². The van der Waals surface area contributed by atoms with E-state index in [0.717, 1.165) is 12.8 Å². The molecule has 0 bridgehead atoms. The Labute approximate surface area is 189 Å². The number of ketones is 1. The van der Waals surface area contributed by atoms with Gasteiger partial charge in [0, 0.05) is 11.8 Å². The Morgan fingerprint density at radius 3 is 1.56 bits per heavy atom. The van der Waals surface area contributed by atoms with Crippen molar-refractivity contribution in [2.24, 2.45) is 0 Å². The van der Waals surface area contributed by atoms with Crippen LogP contribution in [0.4, 0.5) is 0 Å². The largest absolute Gasteiger partial charge is 0.300 e. The standard InChI is InChI=1S/C31H26O/c1-20(32)19-31(2,29-15-7-13-25-23-11-5-3-9-21(23)17-27(25)29)30-16-8-14-26-24-12-6-4-10-22(24)18-28(26)30/h3-16H,17-19H2,1-2H3. The number of benzene rings is 4. The van der Waals surface area contributed by atoms with E-state index in [1.165, 1.54) is 55.6 Å². The molecule has 0 N–H and O–H groups in total. The Morgan fingerprint density at radius 2 is 1.09 bits per heavy atom. The summed E-state index contributed by atoms with van der Waals surface area (Å²) in [6.45, 7) is 4.01. The summed E-state index contributed by atoms with van der Waals surface area (Å²) in [6.07, 6.45) is 2.38. The van der Waals surface area contributed by atoms with E-state index in [-0.39, 0.29) is 11.2 Å². The highest BCUT2D eigenvalue weighted by Crippen LogP contribution is 2.49. The summed E-state index contributed by atoms with van der Waals surface area (Å²) < 4.78 is 0. The van der Waals surface area contributed by atoms with Gasteiger partial charge in [-0.1, -0.05) is 91.9 Å². The molecule has 6 rings (SSSR count). The van der Waals surface area contributed by atoms with Crippen LogP contribution in [0.1, 0.15) is 53.6 Å². The Bertz CT molecular complexity index is 1290. The maximum absolute atomic E-state index is 12.6. The summed E-state index contributed by atoms with van der Waals surface area (Å²) in [4.78, 5) is 12.6. The number of rotatable bonds is 4. The maximum atomic E-state index is 12.6. The van der Waals surface area contributed by atoms with Crippen molar-refractivity contribution in [3.8, 4) is 22.3 Å². The number of carbonyl (C=O) groups is 1. The zero-order chi connectivity index (χ0) is 21.9. The van der Waals surface area contributed by atoms with Gasteiger partial charge in [-0.3, -0.25) is 4.79 Å². The molecule has 0 spiro atoms. The number of fused-ring (bicyclic) bond motifs is 6. The summed E-state index contributed by atoms with van der Waals surface area (Å²) in [5.74, 6) is 0.230. The molecular formula is C31H26O. The van der Waals surface area contributed by atoms with Crippen molar-refractivity contribution in [2.45, 2.75) is 38.5 Å². The van der Waals surface area contributed by atoms with Gasteiger partial charge < -0.3 is 0 Å². The van der Waals surface area contributed by atoms with Crippen LogP contribution < -0.4 is 0 Å². The first kappa shape index (κ1) is 19.3. The average Bonchev–Trinajstić information content (AvgIpc) is 3.36. The van der Waals surface area contributed by atoms with Crippen LogP contribution in [0.3, 0.4) is 0 Å². The van der Waals surface area contributed by atoms with E-state index >= 15 is 0 Å². The lowest BCUT2D eigenvalue weighted by Gasteiger charge is -2.34. The van der Waals surface area contributed by atoms with Crippen LogP contribution in [0.5, 0.6) is 0 Å². The highest BCUT2D eigenvalue weighted by Gasteiger charge is 2.38. The molecule has 0 aromatic heterocycles. The molecule has 0 fully saturated rings. The first-order valence-electron chi connectivity index (χ1n) is 11.5. The molecule has 1 nitrogen and oxygen atoms in total. The van der Waals surface area contributed by atoms with Crippen molar-refractivity contribution in [1.82, 2.24) is 0 Å². The fourth-order valence-electron chi connectivity index (χ4n) is 6.18. The molecule has 4 aromatic carbocycles. The third-order valence-electron chi connectivity index (χ3n) is 7.49. The summed E-state index contributed by atoms with van der Waals surface area (Å²) in [7, 11) is 0. The molecule has 0 aliphatic heterocycles. The zero-order valence-electron chi connectivity index (χ0n) is 18.6. The van der Waals surface area contributed by atoms with Gasteiger partial charge in [0.05, 0.1) is 0 Å². The lowest BCUT2D eigenvalue weighted by atomic mass is 9.68. The van der Waals surface area contributed by atoms with Gasteiger partial charge in [0.1, 0.15) is 5.78 Å². The molecule has 0 atom stereocenters. The normalized spacial score (nSPS) is 13.3. The minimum atomic E-state index is -0.368. The Balaban J connectivity index is 1.58. The number of hydrogen-bond donors (Lipinski definition) is 0. The van der Waals surface area contributed by atoms with E-state index in [9.17, 15) is 4.79 Å². The molecule has 2 aliphatic rings. The van der Waals surface area contributed by atoms with Gasteiger partial charge in [0.2, 0.25) is 0 Å². The fourth-order valence-corrected chi connectivity index (χ4v) is 6.18. The maximum Gasteiger partial charge on any atom is 0.131 e. The Hall–Kier alpha value is -3.45. The van der Waals surface area contributed by atoms with Gasteiger partial charge >= 0.3 is 0 Å². The fraction of sp³-hybridized carbons (Fsp3) is 0.194. The van der Waals surface area contributed by atoms with Crippen molar-refractivity contribution in [3.63, 3.8) is 0 Å². The topological polar surface area (TPSA) is 17.1 Å². The van der Waals surface area contributed by atoms with Crippen molar-refractivity contribution >= 4 is 5.78 Å². The molecule has 0 amide bonds. The van der Waals surface area contributed by atoms with Gasteiger partial charge in [0.25, 0.3) is 0 Å². The minimum Gasteiger partial charge on any atom is -0.300 e. The van der Waals surface area contributed by atoms with Gasteiger partial charge in [-0.25, -0.2) is 0 Å². The smallest absolute Gasteiger partial charge is 0.131 e. The van der Waals surface area contributed by atoms with Crippen LogP contribution in [0.2, 0.25) is 0 Å².